The van der Waals surface area contributed by atoms with Crippen LogP contribution in [-0.4, -0.2) is 71.5 Å². The molecule has 0 aromatic carbocycles. The van der Waals surface area contributed by atoms with Crippen molar-refractivity contribution in [3.05, 3.63) is 58.2 Å². The van der Waals surface area contributed by atoms with Crippen LogP contribution in [0, 0.1) is 0 Å². The van der Waals surface area contributed by atoms with E-state index >= 15 is 0 Å². The van der Waals surface area contributed by atoms with E-state index in [1.807, 2.05) is 51.6 Å². The Morgan fingerprint density at radius 3 is 2.34 bits per heavy atom. The van der Waals surface area contributed by atoms with Gasteiger partial charge in [0.05, 0.1) is 30.7 Å². The highest BCUT2D eigenvalue weighted by atomic mass is 79.9. The number of ether oxygens (including phenoxy) is 3. The first-order valence-electron chi connectivity index (χ1n) is 15.5. The van der Waals surface area contributed by atoms with Gasteiger partial charge in [0, 0.05) is 60.0 Å². The molecule has 0 spiro atoms. The van der Waals surface area contributed by atoms with Crippen molar-refractivity contribution in [2.24, 2.45) is 7.05 Å². The van der Waals surface area contributed by atoms with E-state index in [1.54, 1.807) is 44.1 Å². The Hall–Kier alpha value is -4.26. The van der Waals surface area contributed by atoms with E-state index in [-0.39, 0.29) is 0 Å². The molecular weight excluding hydrogens is 666 g/mol. The molecular formula is C34H44BrN7O5. The zero-order valence-corrected chi connectivity index (χ0v) is 30.4. The number of aryl methyl sites for hydroxylation is 1. The van der Waals surface area contributed by atoms with E-state index in [0.29, 0.717) is 45.6 Å². The minimum absolute atomic E-state index is 0.323. The molecule has 0 radical (unpaired) electrons. The number of pyridine rings is 2. The molecule has 12 nitrogen and oxygen atoms in total. The van der Waals surface area contributed by atoms with Crippen molar-refractivity contribution >= 4 is 45.1 Å². The molecule has 1 atom stereocenters. The second-order valence-corrected chi connectivity index (χ2v) is 13.9. The van der Waals surface area contributed by atoms with Gasteiger partial charge in [-0.15, -0.1) is 0 Å². The van der Waals surface area contributed by atoms with Crippen LogP contribution in [0.4, 0.5) is 9.59 Å². The SMILES string of the molecule is C=Cc1c(CCN(C(=O)OC(C)(C)C)[C@H](C)c2cnc(OC)cc2-c2cc3c(Br)nn(C(=O)OC(C)(C)C)c3cn2)nn(C)c1CC. The van der Waals surface area contributed by atoms with E-state index in [2.05, 4.69) is 39.5 Å². The summed E-state index contributed by atoms with van der Waals surface area (Å²) in [7, 11) is 3.45. The van der Waals surface area contributed by atoms with Gasteiger partial charge in [-0.05, 0) is 76.9 Å². The first-order valence-corrected chi connectivity index (χ1v) is 16.3. The molecule has 4 aromatic heterocycles. The minimum Gasteiger partial charge on any atom is -0.481 e. The molecule has 0 aliphatic rings. The number of hydrogen-bond acceptors (Lipinski definition) is 9. The van der Waals surface area contributed by atoms with Crippen LogP contribution in [0.1, 0.15) is 83.9 Å². The summed E-state index contributed by atoms with van der Waals surface area (Å²) < 4.78 is 20.4. The predicted molar refractivity (Wildman–Crippen MR) is 184 cm³/mol. The topological polar surface area (TPSA) is 126 Å². The number of rotatable bonds is 9. The summed E-state index contributed by atoms with van der Waals surface area (Å²) in [6.45, 7) is 19.2. The number of hydrogen-bond donors (Lipinski definition) is 0. The van der Waals surface area contributed by atoms with E-state index in [4.69, 9.17) is 24.3 Å². The maximum absolute atomic E-state index is 13.8. The lowest BCUT2D eigenvalue weighted by molar-refractivity contribution is 0.0175. The van der Waals surface area contributed by atoms with Crippen molar-refractivity contribution < 1.29 is 23.8 Å². The maximum atomic E-state index is 13.8. The molecule has 0 saturated carbocycles. The summed E-state index contributed by atoms with van der Waals surface area (Å²) in [5.74, 6) is 0.376. The number of halogens is 1. The van der Waals surface area contributed by atoms with Gasteiger partial charge in [0.1, 0.15) is 21.3 Å². The molecule has 0 aliphatic carbocycles. The van der Waals surface area contributed by atoms with Gasteiger partial charge in [0.2, 0.25) is 5.88 Å². The Kier molecular flexibility index (Phi) is 10.5. The number of aromatic nitrogens is 6. The van der Waals surface area contributed by atoms with Gasteiger partial charge in [-0.1, -0.05) is 19.6 Å². The van der Waals surface area contributed by atoms with E-state index in [1.165, 1.54) is 11.8 Å². The fraction of sp³-hybridized carbons (Fsp3) is 0.471. The van der Waals surface area contributed by atoms with E-state index in [9.17, 15) is 9.59 Å². The largest absolute Gasteiger partial charge is 0.481 e. The summed E-state index contributed by atoms with van der Waals surface area (Å²) in [4.78, 5) is 37.6. The molecule has 13 heteroatoms. The first kappa shape index (κ1) is 35.6. The van der Waals surface area contributed by atoms with Gasteiger partial charge in [0.25, 0.3) is 0 Å². The monoisotopic (exact) mass is 709 g/mol. The molecule has 0 saturated heterocycles. The highest BCUT2D eigenvalue weighted by Gasteiger charge is 2.30. The van der Waals surface area contributed by atoms with Gasteiger partial charge < -0.3 is 19.1 Å². The minimum atomic E-state index is -0.712. The number of fused-ring (bicyclic) bond motifs is 1. The lowest BCUT2D eigenvalue weighted by Gasteiger charge is -2.32. The second-order valence-electron chi connectivity index (χ2n) is 13.2. The molecule has 0 fully saturated rings. The van der Waals surface area contributed by atoms with Crippen molar-refractivity contribution in [2.75, 3.05) is 13.7 Å². The predicted octanol–water partition coefficient (Wildman–Crippen LogP) is 7.53. The highest BCUT2D eigenvalue weighted by Crippen LogP contribution is 2.35. The Morgan fingerprint density at radius 2 is 1.74 bits per heavy atom. The summed E-state index contributed by atoms with van der Waals surface area (Å²) in [5, 5.41) is 9.75. The van der Waals surface area contributed by atoms with Crippen LogP contribution >= 0.6 is 15.9 Å². The number of amides is 1. The first-order chi connectivity index (χ1) is 22.0. The zero-order chi connectivity index (χ0) is 34.8. The summed E-state index contributed by atoms with van der Waals surface area (Å²) in [6.07, 6.45) is 5.28. The third kappa shape index (κ3) is 8.01. The molecule has 47 heavy (non-hydrogen) atoms. The fourth-order valence-electron chi connectivity index (χ4n) is 5.32. The van der Waals surface area contributed by atoms with Gasteiger partial charge in [-0.25, -0.2) is 14.6 Å². The smallest absolute Gasteiger partial charge is 0.435 e. The van der Waals surface area contributed by atoms with Gasteiger partial charge in [-0.2, -0.15) is 14.9 Å². The molecule has 4 rings (SSSR count). The third-order valence-corrected chi connectivity index (χ3v) is 8.03. The summed E-state index contributed by atoms with van der Waals surface area (Å²) in [5.41, 5.74) is 3.96. The molecule has 252 valence electrons. The van der Waals surface area contributed by atoms with Crippen molar-refractivity contribution in [3.8, 4) is 17.1 Å². The third-order valence-electron chi connectivity index (χ3n) is 7.44. The van der Waals surface area contributed by atoms with Gasteiger partial charge in [-0.3, -0.25) is 9.67 Å². The lowest BCUT2D eigenvalue weighted by atomic mass is 9.99. The van der Waals surface area contributed by atoms with Crippen LogP contribution in [0.3, 0.4) is 0 Å². The highest BCUT2D eigenvalue weighted by molar-refractivity contribution is 9.10. The summed E-state index contributed by atoms with van der Waals surface area (Å²) >= 11 is 3.50. The second kappa shape index (κ2) is 13.8. The fourth-order valence-corrected chi connectivity index (χ4v) is 5.79. The van der Waals surface area contributed by atoms with Crippen LogP contribution in [0.25, 0.3) is 28.2 Å². The van der Waals surface area contributed by atoms with Gasteiger partial charge >= 0.3 is 12.2 Å². The number of carbonyl (C=O) groups is 2. The number of nitrogens with zero attached hydrogens (tertiary/aromatic N) is 7. The van der Waals surface area contributed by atoms with Gasteiger partial charge in [0.15, 0.2) is 0 Å². The molecule has 4 heterocycles. The standard InChI is InChI=1S/C34H44BrN7O5/c1-12-21-25(38-40(10)27(21)13-2)14-15-41(31(43)46-33(4,5)6)20(3)24-18-37-29(45-11)17-22(24)26-16-23-28(19-36-26)42(39-30(23)35)32(44)47-34(7,8)9/h12,16-20H,1,13-15H2,2-11H3/t20-/m1/s1. The number of carbonyl (C=O) groups excluding carboxylic acids is 2. The van der Waals surface area contributed by atoms with Crippen LogP contribution in [0.15, 0.2) is 35.7 Å². The van der Waals surface area contributed by atoms with E-state index < -0.39 is 29.4 Å². The molecule has 0 N–H and O–H groups in total. The zero-order valence-electron chi connectivity index (χ0n) is 28.8. The molecule has 1 amide bonds. The Labute approximate surface area is 284 Å². The molecule has 0 aliphatic heterocycles. The van der Waals surface area contributed by atoms with Crippen molar-refractivity contribution in [3.63, 3.8) is 0 Å². The Balaban J connectivity index is 1.78. The molecule has 0 unspecified atom stereocenters. The molecule has 0 bridgehead atoms. The van der Waals surface area contributed by atoms with Crippen LogP contribution in [-0.2, 0) is 29.4 Å². The maximum Gasteiger partial charge on any atom is 0.435 e. The normalized spacial score (nSPS) is 12.6. The Bertz CT molecular complexity index is 1800. The molecule has 4 aromatic rings. The van der Waals surface area contributed by atoms with Crippen LogP contribution in [0.2, 0.25) is 0 Å². The average Bonchev–Trinajstić information content (AvgIpc) is 3.49. The summed E-state index contributed by atoms with van der Waals surface area (Å²) in [6, 6.07) is 3.11. The lowest BCUT2D eigenvalue weighted by Crippen LogP contribution is -2.40. The van der Waals surface area contributed by atoms with E-state index in [0.717, 1.165) is 28.9 Å². The quantitative estimate of drug-likeness (QED) is 0.173. The Morgan fingerprint density at radius 1 is 1.06 bits per heavy atom. The van der Waals surface area contributed by atoms with Crippen LogP contribution in [0.5, 0.6) is 5.88 Å². The number of methoxy groups -OCH3 is 1. The van der Waals surface area contributed by atoms with Crippen LogP contribution < -0.4 is 4.74 Å². The average molecular weight is 711 g/mol. The van der Waals surface area contributed by atoms with Crippen molar-refractivity contribution in [1.29, 1.82) is 0 Å². The van der Waals surface area contributed by atoms with Crippen molar-refractivity contribution in [1.82, 2.24) is 34.4 Å². The van der Waals surface area contributed by atoms with Crippen molar-refractivity contribution in [2.45, 2.75) is 85.5 Å².